The lowest BCUT2D eigenvalue weighted by atomic mass is 9.65. The maximum atomic E-state index is 5.22. The average Bonchev–Trinajstić information content (AvgIpc) is 3.85. The molecule has 6 aromatic carbocycles. The van der Waals surface area contributed by atoms with Crippen LogP contribution in [0.5, 0.6) is 0 Å². The first kappa shape index (κ1) is 43.9. The molecule has 4 unspecified atom stereocenters. The number of imidazole rings is 1. The van der Waals surface area contributed by atoms with Crippen LogP contribution >= 0.6 is 0 Å². The van der Waals surface area contributed by atoms with E-state index in [4.69, 9.17) is 4.98 Å². The first-order chi connectivity index (χ1) is 35.6. The molecule has 0 N–H and O–H groups in total. The van der Waals surface area contributed by atoms with Gasteiger partial charge in [0.1, 0.15) is 5.82 Å². The van der Waals surface area contributed by atoms with E-state index in [1.165, 1.54) is 83.5 Å². The van der Waals surface area contributed by atoms with Gasteiger partial charge in [0.25, 0.3) is 0 Å². The summed E-state index contributed by atoms with van der Waals surface area (Å²) in [5, 5.41) is 0. The van der Waals surface area contributed by atoms with Gasteiger partial charge >= 0.3 is 0 Å². The fourth-order valence-electron chi connectivity index (χ4n) is 12.1. The van der Waals surface area contributed by atoms with E-state index < -0.39 is 0 Å². The Kier molecular flexibility index (Phi) is 11.5. The minimum Gasteiger partial charge on any atom is -0.292 e. The van der Waals surface area contributed by atoms with Crippen molar-refractivity contribution in [3.8, 4) is 28.2 Å². The number of hydrogen-bond donors (Lipinski definition) is 0. The first-order valence-electron chi connectivity index (χ1n) is 26.2. The quantitative estimate of drug-likeness (QED) is 0.141. The van der Waals surface area contributed by atoms with Gasteiger partial charge < -0.3 is 0 Å². The molecule has 348 valence electrons. The van der Waals surface area contributed by atoms with Crippen molar-refractivity contribution in [2.24, 2.45) is 11.8 Å². The van der Waals surface area contributed by atoms with Gasteiger partial charge in [0, 0.05) is 29.0 Å². The SMILES string of the molecule is CC1C=CC(c2cc(C3=C4CC(c5ccc(-c6nc7ccccc7n6-c6ccccc6)cc5)C=CC4=C(c4cc(C5=CCCC=C5)cc(C5C=CC=CC5)c4)C4=CC=CCC43)cc(-c3ccccc3)c2)=CC1. The average molecular weight is 927 g/mol. The van der Waals surface area contributed by atoms with Crippen LogP contribution in [0.25, 0.3) is 61.5 Å². The van der Waals surface area contributed by atoms with Crippen molar-refractivity contribution in [2.45, 2.75) is 57.3 Å². The fraction of sp³-hybridized carbons (Fsp3) is 0.157. The van der Waals surface area contributed by atoms with Crippen LogP contribution in [0.15, 0.2) is 253 Å². The first-order valence-corrected chi connectivity index (χ1v) is 26.2. The van der Waals surface area contributed by atoms with Crippen LogP contribution in [0.1, 0.15) is 90.7 Å². The van der Waals surface area contributed by atoms with Gasteiger partial charge in [0.15, 0.2) is 0 Å². The molecule has 0 radical (unpaired) electrons. The van der Waals surface area contributed by atoms with E-state index in [0.29, 0.717) is 11.8 Å². The van der Waals surface area contributed by atoms with E-state index in [-0.39, 0.29) is 11.8 Å². The summed E-state index contributed by atoms with van der Waals surface area (Å²) >= 11 is 0. The highest BCUT2D eigenvalue weighted by molar-refractivity contribution is 5.99. The van der Waals surface area contributed by atoms with Gasteiger partial charge in [-0.2, -0.15) is 0 Å². The third-order valence-electron chi connectivity index (χ3n) is 15.8. The second kappa shape index (κ2) is 18.9. The summed E-state index contributed by atoms with van der Waals surface area (Å²) < 4.78 is 2.30. The van der Waals surface area contributed by atoms with Gasteiger partial charge in [-0.3, -0.25) is 4.57 Å². The zero-order valence-electron chi connectivity index (χ0n) is 41.0. The number of hydrogen-bond acceptors (Lipinski definition) is 1. The Morgan fingerprint density at radius 1 is 0.514 bits per heavy atom. The molecule has 13 rings (SSSR count). The van der Waals surface area contributed by atoms with Crippen molar-refractivity contribution in [3.05, 3.63) is 287 Å². The molecule has 6 aliphatic rings. The summed E-state index contributed by atoms with van der Waals surface area (Å²) in [5.74, 6) is 2.21. The summed E-state index contributed by atoms with van der Waals surface area (Å²) in [6, 6.07) is 54.4. The molecule has 0 saturated carbocycles. The Labute approximate surface area is 424 Å². The van der Waals surface area contributed by atoms with Gasteiger partial charge in [-0.05, 0) is 176 Å². The Hall–Kier alpha value is -8.07. The number of aromatic nitrogens is 2. The molecule has 0 bridgehead atoms. The van der Waals surface area contributed by atoms with Crippen molar-refractivity contribution in [3.63, 3.8) is 0 Å². The Morgan fingerprint density at radius 2 is 1.26 bits per heavy atom. The van der Waals surface area contributed by atoms with E-state index in [9.17, 15) is 0 Å². The van der Waals surface area contributed by atoms with E-state index in [1.54, 1.807) is 0 Å². The molecule has 0 amide bonds. The van der Waals surface area contributed by atoms with E-state index in [0.717, 1.165) is 66.6 Å². The Bertz CT molecular complexity index is 3620. The zero-order chi connectivity index (χ0) is 48.0. The highest BCUT2D eigenvalue weighted by Gasteiger charge is 2.37. The molecular formula is C70H58N2. The molecule has 0 spiro atoms. The van der Waals surface area contributed by atoms with Crippen LogP contribution in [0.3, 0.4) is 0 Å². The topological polar surface area (TPSA) is 17.8 Å². The van der Waals surface area contributed by atoms with Crippen molar-refractivity contribution in [2.75, 3.05) is 0 Å². The van der Waals surface area contributed by atoms with Crippen LogP contribution < -0.4 is 0 Å². The summed E-state index contributed by atoms with van der Waals surface area (Å²) in [4.78, 5) is 5.22. The Morgan fingerprint density at radius 3 is 2.07 bits per heavy atom. The third-order valence-corrected chi connectivity index (χ3v) is 15.8. The summed E-state index contributed by atoms with van der Waals surface area (Å²) in [5.41, 5.74) is 24.5. The lowest BCUT2D eigenvalue weighted by Crippen LogP contribution is -2.21. The number of rotatable bonds is 9. The Balaban J connectivity index is 1.01. The normalized spacial score (nSPS) is 21.2. The smallest absolute Gasteiger partial charge is 0.145 e. The van der Waals surface area contributed by atoms with Gasteiger partial charge in [-0.25, -0.2) is 4.98 Å². The minimum atomic E-state index is 0.187. The number of allylic oxidation sites excluding steroid dienone is 22. The van der Waals surface area contributed by atoms with Gasteiger partial charge in [0.05, 0.1) is 11.0 Å². The second-order valence-electron chi connectivity index (χ2n) is 20.4. The van der Waals surface area contributed by atoms with Crippen molar-refractivity contribution in [1.29, 1.82) is 0 Å². The monoisotopic (exact) mass is 926 g/mol. The van der Waals surface area contributed by atoms with E-state index in [2.05, 4.69) is 248 Å². The third kappa shape index (κ3) is 8.25. The molecule has 7 aromatic rings. The molecule has 6 aliphatic carbocycles. The molecule has 0 fully saturated rings. The maximum Gasteiger partial charge on any atom is 0.145 e. The fourth-order valence-corrected chi connectivity index (χ4v) is 12.1. The highest BCUT2D eigenvalue weighted by Crippen LogP contribution is 2.55. The van der Waals surface area contributed by atoms with Gasteiger partial charge in [-0.15, -0.1) is 0 Å². The van der Waals surface area contributed by atoms with Crippen molar-refractivity contribution >= 4 is 33.3 Å². The zero-order valence-corrected chi connectivity index (χ0v) is 41.0. The highest BCUT2D eigenvalue weighted by atomic mass is 15.1. The largest absolute Gasteiger partial charge is 0.292 e. The van der Waals surface area contributed by atoms with Crippen LogP contribution in [0.2, 0.25) is 0 Å². The standard InChI is InChI=1S/C70H58N2/c1-47-30-32-52(33-31-47)58-41-57(50-22-10-4-11-23-50)44-60(45-58)69-63-27-15-14-26-62(63)68(59-42-55(48-18-6-2-7-19-48)40-56(43-59)49-20-8-3-9-21-49)64-39-38-54(46-65(64)69)51-34-36-53(37-35-51)70-71-66-28-16-17-29-67(66)72(70)61-24-12-5-13-25-61/h2,4-8,10-18,20-26,28-30,32-45,47-48,54,63H,3,9,19,27,31,46H2,1H3. The molecule has 1 aromatic heterocycles. The number of para-hydroxylation sites is 3. The molecule has 4 atom stereocenters. The lowest BCUT2D eigenvalue weighted by molar-refractivity contribution is 0.739. The molecule has 72 heavy (non-hydrogen) atoms. The van der Waals surface area contributed by atoms with Crippen LogP contribution in [0.4, 0.5) is 0 Å². The molecule has 2 nitrogen and oxygen atoms in total. The summed E-state index contributed by atoms with van der Waals surface area (Å²) in [6.07, 6.45) is 41.7. The molecular weight excluding hydrogens is 869 g/mol. The minimum absolute atomic E-state index is 0.187. The predicted octanol–water partition coefficient (Wildman–Crippen LogP) is 18.1. The van der Waals surface area contributed by atoms with Crippen molar-refractivity contribution in [1.82, 2.24) is 9.55 Å². The van der Waals surface area contributed by atoms with Crippen LogP contribution in [0, 0.1) is 11.8 Å². The molecule has 0 aliphatic heterocycles. The van der Waals surface area contributed by atoms with Crippen molar-refractivity contribution < 1.29 is 0 Å². The number of nitrogens with zero attached hydrogens (tertiary/aromatic N) is 2. The maximum absolute atomic E-state index is 5.22. The summed E-state index contributed by atoms with van der Waals surface area (Å²) in [6.45, 7) is 2.31. The van der Waals surface area contributed by atoms with Crippen LogP contribution in [-0.4, -0.2) is 9.55 Å². The van der Waals surface area contributed by atoms with Gasteiger partial charge in [0.2, 0.25) is 0 Å². The number of fused-ring (bicyclic) bond motifs is 3. The second-order valence-corrected chi connectivity index (χ2v) is 20.4. The summed E-state index contributed by atoms with van der Waals surface area (Å²) in [7, 11) is 0. The number of benzene rings is 6. The van der Waals surface area contributed by atoms with E-state index in [1.807, 2.05) is 0 Å². The van der Waals surface area contributed by atoms with E-state index >= 15 is 0 Å². The molecule has 1 heterocycles. The molecule has 0 saturated heterocycles. The predicted molar refractivity (Wildman–Crippen MR) is 303 cm³/mol. The lowest BCUT2D eigenvalue weighted by Gasteiger charge is -2.39. The van der Waals surface area contributed by atoms with Gasteiger partial charge in [-0.1, -0.05) is 195 Å². The molecule has 2 heteroatoms. The van der Waals surface area contributed by atoms with Crippen LogP contribution in [-0.2, 0) is 0 Å².